The largest absolute Gasteiger partial charge is 0.444 e. The zero-order chi connectivity index (χ0) is 15.8. The van der Waals surface area contributed by atoms with Crippen molar-refractivity contribution in [2.75, 3.05) is 19.3 Å². The van der Waals surface area contributed by atoms with Crippen molar-refractivity contribution in [3.05, 3.63) is 0 Å². The molecule has 1 aliphatic rings. The Morgan fingerprint density at radius 3 is 2.35 bits per heavy atom. The Morgan fingerprint density at radius 2 is 1.95 bits per heavy atom. The summed E-state index contributed by atoms with van der Waals surface area (Å²) in [5, 5.41) is 2.11. The third-order valence-electron chi connectivity index (χ3n) is 2.72. The number of hydrogen-bond acceptors (Lipinski definition) is 4. The number of rotatable bonds is 2. The van der Waals surface area contributed by atoms with Crippen molar-refractivity contribution in [1.29, 1.82) is 0 Å². The van der Waals surface area contributed by atoms with E-state index >= 15 is 0 Å². The van der Waals surface area contributed by atoms with Gasteiger partial charge in [-0.05, 0) is 27.2 Å². The quantitative estimate of drug-likeness (QED) is 0.830. The second kappa shape index (κ2) is 5.44. The van der Waals surface area contributed by atoms with Crippen molar-refractivity contribution < 1.29 is 26.7 Å². The van der Waals surface area contributed by atoms with Crippen molar-refractivity contribution in [2.24, 2.45) is 0 Å². The van der Waals surface area contributed by atoms with Gasteiger partial charge in [0.15, 0.2) is 0 Å². The van der Waals surface area contributed by atoms with Gasteiger partial charge >= 0.3 is 6.09 Å². The molecule has 1 atom stereocenters. The Morgan fingerprint density at radius 1 is 1.40 bits per heavy atom. The highest BCUT2D eigenvalue weighted by molar-refractivity contribution is 7.88. The molecule has 0 aromatic heterocycles. The van der Waals surface area contributed by atoms with Gasteiger partial charge in [0.2, 0.25) is 10.0 Å². The first-order valence-electron chi connectivity index (χ1n) is 6.14. The summed E-state index contributed by atoms with van der Waals surface area (Å²) in [5.74, 6) is -3.34. The predicted octanol–water partition coefficient (Wildman–Crippen LogP) is 1.18. The average molecular weight is 314 g/mol. The van der Waals surface area contributed by atoms with Crippen LogP contribution in [0.2, 0.25) is 0 Å². The van der Waals surface area contributed by atoms with Gasteiger partial charge in [0, 0.05) is 6.54 Å². The summed E-state index contributed by atoms with van der Waals surface area (Å²) in [6, 6.07) is -1.43. The summed E-state index contributed by atoms with van der Waals surface area (Å²) in [5.41, 5.74) is -0.785. The molecule has 9 heteroatoms. The molecule has 6 nitrogen and oxygen atoms in total. The molecule has 1 saturated heterocycles. The van der Waals surface area contributed by atoms with Crippen LogP contribution < -0.4 is 5.32 Å². The molecule has 1 unspecified atom stereocenters. The highest BCUT2D eigenvalue weighted by atomic mass is 32.2. The number of alkyl halides is 2. The maximum absolute atomic E-state index is 13.9. The molecule has 118 valence electrons. The van der Waals surface area contributed by atoms with Crippen LogP contribution in [0, 0.1) is 0 Å². The van der Waals surface area contributed by atoms with Gasteiger partial charge in [-0.1, -0.05) is 0 Å². The number of halogens is 2. The first-order chi connectivity index (χ1) is 8.81. The number of amides is 1. The number of alkyl carbamates (subject to hydrolysis) is 1. The zero-order valence-electron chi connectivity index (χ0n) is 11.9. The van der Waals surface area contributed by atoms with E-state index in [0.717, 1.165) is 6.26 Å². The molecular formula is C11H20F2N2O4S. The predicted molar refractivity (Wildman–Crippen MR) is 69.1 cm³/mol. The Hall–Kier alpha value is -0.960. The molecular weight excluding hydrogens is 294 g/mol. The molecule has 0 aliphatic carbocycles. The smallest absolute Gasteiger partial charge is 0.408 e. The Labute approximate surface area is 117 Å². The summed E-state index contributed by atoms with van der Waals surface area (Å²) < 4.78 is 55.9. The van der Waals surface area contributed by atoms with Crippen LogP contribution in [-0.2, 0) is 14.8 Å². The van der Waals surface area contributed by atoms with Crippen molar-refractivity contribution in [3.8, 4) is 0 Å². The summed E-state index contributed by atoms with van der Waals surface area (Å²) in [6.45, 7) is 3.87. The highest BCUT2D eigenvalue weighted by Gasteiger charge is 2.47. The monoisotopic (exact) mass is 314 g/mol. The summed E-state index contributed by atoms with van der Waals surface area (Å²) in [6.07, 6.45) is -0.223. The lowest BCUT2D eigenvalue weighted by Crippen LogP contribution is -2.59. The molecule has 0 spiro atoms. The molecule has 0 radical (unpaired) electrons. The van der Waals surface area contributed by atoms with Crippen molar-refractivity contribution in [1.82, 2.24) is 9.62 Å². The molecule has 1 heterocycles. The summed E-state index contributed by atoms with van der Waals surface area (Å²) >= 11 is 0. The number of nitrogens with one attached hydrogen (secondary N) is 1. The standard InChI is InChI=1S/C11H20F2N2O4S/c1-10(2,3)19-9(16)14-8-5-6-15(20(4,17)18)7-11(8,12)13/h8H,5-7H2,1-4H3,(H,14,16). The van der Waals surface area contributed by atoms with Crippen molar-refractivity contribution >= 4 is 16.1 Å². The van der Waals surface area contributed by atoms with Gasteiger partial charge in [0.25, 0.3) is 5.92 Å². The van der Waals surface area contributed by atoms with Gasteiger partial charge in [-0.2, -0.15) is 4.31 Å². The minimum absolute atomic E-state index is 0.0606. The normalized spacial score (nSPS) is 24.2. The number of carbonyl (C=O) groups excluding carboxylic acids is 1. The molecule has 0 aromatic carbocycles. The van der Waals surface area contributed by atoms with Crippen LogP contribution in [0.3, 0.4) is 0 Å². The minimum Gasteiger partial charge on any atom is -0.444 e. The fourth-order valence-electron chi connectivity index (χ4n) is 1.82. The third kappa shape index (κ3) is 4.86. The van der Waals surface area contributed by atoms with Gasteiger partial charge in [-0.25, -0.2) is 22.0 Å². The van der Waals surface area contributed by atoms with Crippen LogP contribution in [0.25, 0.3) is 0 Å². The first kappa shape index (κ1) is 17.1. The highest BCUT2D eigenvalue weighted by Crippen LogP contribution is 2.28. The molecule has 0 bridgehead atoms. The first-order valence-corrected chi connectivity index (χ1v) is 7.98. The van der Waals surface area contributed by atoms with E-state index in [4.69, 9.17) is 4.74 Å². The molecule has 1 fully saturated rings. The van der Waals surface area contributed by atoms with E-state index in [1.54, 1.807) is 20.8 Å². The summed E-state index contributed by atoms with van der Waals surface area (Å²) in [7, 11) is -3.67. The van der Waals surface area contributed by atoms with Crippen LogP contribution in [0.1, 0.15) is 27.2 Å². The molecule has 1 amide bonds. The molecule has 1 N–H and O–H groups in total. The van der Waals surface area contributed by atoms with Crippen molar-refractivity contribution in [2.45, 2.75) is 44.8 Å². The zero-order valence-corrected chi connectivity index (χ0v) is 12.8. The number of nitrogens with zero attached hydrogens (tertiary/aromatic N) is 1. The van der Waals surface area contributed by atoms with E-state index in [1.807, 2.05) is 0 Å². The average Bonchev–Trinajstić information content (AvgIpc) is 2.16. The lowest BCUT2D eigenvalue weighted by Gasteiger charge is -2.37. The van der Waals surface area contributed by atoms with Crippen LogP contribution in [0.5, 0.6) is 0 Å². The van der Waals surface area contributed by atoms with E-state index in [0.29, 0.717) is 4.31 Å². The Kier molecular flexibility index (Phi) is 4.65. The molecule has 1 rings (SSSR count). The van der Waals surface area contributed by atoms with E-state index in [1.165, 1.54) is 0 Å². The molecule has 20 heavy (non-hydrogen) atoms. The number of hydrogen-bond donors (Lipinski definition) is 1. The van der Waals surface area contributed by atoms with Crippen LogP contribution in [-0.4, -0.2) is 55.7 Å². The fraction of sp³-hybridized carbons (Fsp3) is 0.909. The van der Waals surface area contributed by atoms with E-state index in [2.05, 4.69) is 5.32 Å². The van der Waals surface area contributed by atoms with Crippen LogP contribution in [0.4, 0.5) is 13.6 Å². The lowest BCUT2D eigenvalue weighted by molar-refractivity contribution is -0.0729. The van der Waals surface area contributed by atoms with Gasteiger partial charge in [-0.15, -0.1) is 0 Å². The SMILES string of the molecule is CC(C)(C)OC(=O)NC1CCN(S(C)(=O)=O)CC1(F)F. The number of piperidine rings is 1. The Balaban J connectivity index is 2.68. The minimum atomic E-state index is -3.67. The van der Waals surface area contributed by atoms with Gasteiger partial charge < -0.3 is 10.1 Å². The second-order valence-electron chi connectivity index (χ2n) is 5.85. The van der Waals surface area contributed by atoms with E-state index in [-0.39, 0.29) is 13.0 Å². The third-order valence-corrected chi connectivity index (χ3v) is 3.97. The van der Waals surface area contributed by atoms with E-state index in [9.17, 15) is 22.0 Å². The Bertz CT molecular complexity index is 473. The fourth-order valence-corrected chi connectivity index (χ4v) is 2.66. The molecule has 1 aliphatic heterocycles. The summed E-state index contributed by atoms with van der Waals surface area (Å²) in [4.78, 5) is 11.5. The number of ether oxygens (including phenoxy) is 1. The maximum atomic E-state index is 13.9. The molecule has 0 aromatic rings. The van der Waals surface area contributed by atoms with Gasteiger partial charge in [0.1, 0.15) is 5.60 Å². The maximum Gasteiger partial charge on any atom is 0.408 e. The van der Waals surface area contributed by atoms with E-state index < -0.39 is 40.2 Å². The van der Waals surface area contributed by atoms with Gasteiger partial charge in [-0.3, -0.25) is 0 Å². The number of carbonyl (C=O) groups is 1. The lowest BCUT2D eigenvalue weighted by atomic mass is 10.0. The topological polar surface area (TPSA) is 75.7 Å². The van der Waals surface area contributed by atoms with Gasteiger partial charge in [0.05, 0.1) is 18.8 Å². The number of sulfonamides is 1. The van der Waals surface area contributed by atoms with Crippen molar-refractivity contribution in [3.63, 3.8) is 0 Å². The van der Waals surface area contributed by atoms with Crippen LogP contribution in [0.15, 0.2) is 0 Å². The molecule has 0 saturated carbocycles. The van der Waals surface area contributed by atoms with Crippen LogP contribution >= 0.6 is 0 Å². The second-order valence-corrected chi connectivity index (χ2v) is 7.83.